The monoisotopic (exact) mass is 117 g/mol. The maximum Gasteiger partial charge on any atom is 0.124 e. The first kappa shape index (κ1) is 4.64. The molecule has 0 heterocycles. The van der Waals surface area contributed by atoms with Crippen LogP contribution >= 0.6 is 0 Å². The largest absolute Gasteiger partial charge is 0.124 e. The summed E-state index contributed by atoms with van der Waals surface area (Å²) in [6.07, 6.45) is 2.12. The van der Waals surface area contributed by atoms with Crippen molar-refractivity contribution in [3.05, 3.63) is 35.4 Å². The number of hydrogen-bond acceptors (Lipinski definition) is 0. The Morgan fingerprint density at radius 2 is 2.33 bits per heavy atom. The molecular formula is C9H8. The minimum atomic E-state index is 0.942. The van der Waals surface area contributed by atoms with Crippen LogP contribution < -0.4 is 0 Å². The van der Waals surface area contributed by atoms with E-state index in [1.54, 1.807) is 0 Å². The highest BCUT2D eigenvalue weighted by atomic mass is 13.9. The average Bonchev–Trinajstić information content (AvgIpc) is 1.94. The van der Waals surface area contributed by atoms with Gasteiger partial charge in [-0.05, 0) is 18.6 Å². The molecule has 0 nitrogen and oxygen atoms in total. The van der Waals surface area contributed by atoms with E-state index >= 15 is 0 Å². The lowest BCUT2D eigenvalue weighted by atomic mass is 10.1. The standard InChI is InChI=1S/C9H8/c1-3-9-7-5-4-6-8(9)2/h1,4-7H,2H3/i1D. The van der Waals surface area contributed by atoms with Gasteiger partial charge in [0.1, 0.15) is 1.37 Å². The lowest BCUT2D eigenvalue weighted by Crippen LogP contribution is -1.77. The number of aryl methyl sites for hydroxylation is 1. The molecule has 1 aromatic carbocycles. The predicted molar refractivity (Wildman–Crippen MR) is 39.1 cm³/mol. The van der Waals surface area contributed by atoms with Crippen molar-refractivity contribution in [2.75, 3.05) is 0 Å². The van der Waals surface area contributed by atoms with Crippen molar-refractivity contribution in [2.24, 2.45) is 0 Å². The van der Waals surface area contributed by atoms with Gasteiger partial charge in [-0.2, -0.15) is 0 Å². The minimum Gasteiger partial charge on any atom is -0.115 e. The van der Waals surface area contributed by atoms with Crippen molar-refractivity contribution in [1.29, 1.82) is 0 Å². The SMILES string of the molecule is [2H]C#Cc1ccccc1C. The lowest BCUT2D eigenvalue weighted by molar-refractivity contribution is 1.44. The van der Waals surface area contributed by atoms with Gasteiger partial charge >= 0.3 is 0 Å². The van der Waals surface area contributed by atoms with Gasteiger partial charge in [-0.3, -0.25) is 0 Å². The summed E-state index contributed by atoms with van der Waals surface area (Å²) >= 11 is 0. The second kappa shape index (κ2) is 2.37. The van der Waals surface area contributed by atoms with Crippen LogP contribution in [0.2, 0.25) is 0 Å². The van der Waals surface area contributed by atoms with E-state index in [-0.39, 0.29) is 0 Å². The maximum atomic E-state index is 6.68. The van der Waals surface area contributed by atoms with Crippen molar-refractivity contribution in [2.45, 2.75) is 6.92 Å². The van der Waals surface area contributed by atoms with E-state index in [0.29, 0.717) is 0 Å². The fourth-order valence-electron chi connectivity index (χ4n) is 0.713. The molecule has 44 valence electrons. The van der Waals surface area contributed by atoms with Crippen LogP contribution in [0.25, 0.3) is 0 Å². The van der Waals surface area contributed by atoms with E-state index in [4.69, 9.17) is 1.37 Å². The van der Waals surface area contributed by atoms with Gasteiger partial charge < -0.3 is 0 Å². The lowest BCUT2D eigenvalue weighted by Gasteiger charge is -1.92. The Morgan fingerprint density at radius 3 is 3.00 bits per heavy atom. The number of terminal acetylenes is 1. The highest BCUT2D eigenvalue weighted by Gasteiger charge is 1.87. The number of hydrogen-bond donors (Lipinski definition) is 0. The maximum absolute atomic E-state index is 6.68. The summed E-state index contributed by atoms with van der Waals surface area (Å²) < 4.78 is 6.68. The van der Waals surface area contributed by atoms with Gasteiger partial charge in [0.05, 0.1) is 0 Å². The first-order chi connectivity index (χ1) is 4.84. The molecule has 0 aliphatic heterocycles. The Labute approximate surface area is 56.9 Å². The second-order valence-electron chi connectivity index (χ2n) is 1.94. The van der Waals surface area contributed by atoms with Gasteiger partial charge in [0, 0.05) is 5.56 Å². The van der Waals surface area contributed by atoms with Crippen molar-refractivity contribution < 1.29 is 1.37 Å². The molecule has 0 fully saturated rings. The van der Waals surface area contributed by atoms with Crippen molar-refractivity contribution in [3.8, 4) is 12.3 Å². The Kier molecular flexibility index (Phi) is 1.22. The summed E-state index contributed by atoms with van der Waals surface area (Å²) in [6, 6.07) is 7.79. The van der Waals surface area contributed by atoms with Crippen LogP contribution in [0.3, 0.4) is 0 Å². The van der Waals surface area contributed by atoms with Gasteiger partial charge in [0.15, 0.2) is 0 Å². The zero-order valence-electron chi connectivity index (χ0n) is 6.31. The van der Waals surface area contributed by atoms with E-state index in [1.807, 2.05) is 31.2 Å². The van der Waals surface area contributed by atoms with Crippen LogP contribution in [0.15, 0.2) is 24.3 Å². The number of rotatable bonds is 0. The van der Waals surface area contributed by atoms with E-state index in [2.05, 4.69) is 12.3 Å². The zero-order chi connectivity index (χ0) is 7.40. The molecule has 0 aromatic heterocycles. The summed E-state index contributed by atoms with van der Waals surface area (Å²) in [7, 11) is 0. The molecule has 0 aliphatic carbocycles. The molecule has 0 radical (unpaired) electrons. The third-order valence-electron chi connectivity index (χ3n) is 1.28. The van der Waals surface area contributed by atoms with E-state index in [1.165, 1.54) is 0 Å². The molecule has 0 saturated heterocycles. The molecule has 0 heteroatoms. The Morgan fingerprint density at radius 1 is 1.56 bits per heavy atom. The summed E-state index contributed by atoms with van der Waals surface area (Å²) in [6.45, 7) is 1.99. The van der Waals surface area contributed by atoms with Gasteiger partial charge in [0.2, 0.25) is 0 Å². The fraction of sp³-hybridized carbons (Fsp3) is 0.111. The van der Waals surface area contributed by atoms with Crippen LogP contribution in [0.4, 0.5) is 0 Å². The van der Waals surface area contributed by atoms with Crippen LogP contribution in [-0.2, 0) is 0 Å². The Bertz CT molecular complexity index is 278. The highest BCUT2D eigenvalue weighted by Crippen LogP contribution is 2.03. The van der Waals surface area contributed by atoms with Crippen molar-refractivity contribution >= 4 is 0 Å². The molecule has 0 amide bonds. The predicted octanol–water partition coefficient (Wildman–Crippen LogP) is 1.98. The summed E-state index contributed by atoms with van der Waals surface area (Å²) in [5, 5.41) is 0. The summed E-state index contributed by atoms with van der Waals surface area (Å²) in [5.74, 6) is 2.69. The Hall–Kier alpha value is -1.22. The first-order valence-corrected chi connectivity index (χ1v) is 2.83. The highest BCUT2D eigenvalue weighted by molar-refractivity contribution is 5.38. The van der Waals surface area contributed by atoms with Crippen LogP contribution in [0.5, 0.6) is 0 Å². The fourth-order valence-corrected chi connectivity index (χ4v) is 0.713. The minimum absolute atomic E-state index is 0.942. The molecule has 1 rings (SSSR count). The average molecular weight is 117 g/mol. The van der Waals surface area contributed by atoms with Crippen molar-refractivity contribution in [1.82, 2.24) is 0 Å². The molecule has 0 aliphatic rings. The third kappa shape index (κ3) is 1.12. The molecule has 0 N–H and O–H groups in total. The van der Waals surface area contributed by atoms with Crippen LogP contribution in [-0.4, -0.2) is 0 Å². The van der Waals surface area contributed by atoms with Gasteiger partial charge in [-0.25, -0.2) is 0 Å². The molecule has 0 saturated carbocycles. The molecule has 0 spiro atoms. The summed E-state index contributed by atoms with van der Waals surface area (Å²) in [5.41, 5.74) is 2.07. The van der Waals surface area contributed by atoms with E-state index in [9.17, 15) is 0 Å². The molecule has 0 bridgehead atoms. The molecule has 1 aromatic rings. The molecule has 9 heavy (non-hydrogen) atoms. The van der Waals surface area contributed by atoms with Crippen LogP contribution in [0, 0.1) is 19.2 Å². The summed E-state index contributed by atoms with van der Waals surface area (Å²) in [4.78, 5) is 0. The zero-order valence-corrected chi connectivity index (χ0v) is 5.31. The molecule has 0 unspecified atom stereocenters. The van der Waals surface area contributed by atoms with E-state index in [0.717, 1.165) is 11.1 Å². The third-order valence-corrected chi connectivity index (χ3v) is 1.28. The first-order valence-electron chi connectivity index (χ1n) is 3.33. The second-order valence-corrected chi connectivity index (χ2v) is 1.94. The smallest absolute Gasteiger partial charge is 0.115 e. The van der Waals surface area contributed by atoms with Gasteiger partial charge in [-0.15, -0.1) is 6.40 Å². The molecule has 0 atom stereocenters. The normalized spacial score (nSPS) is 9.22. The number of benzene rings is 1. The van der Waals surface area contributed by atoms with Gasteiger partial charge in [0.25, 0.3) is 0 Å². The van der Waals surface area contributed by atoms with Crippen LogP contribution in [0.1, 0.15) is 12.5 Å². The van der Waals surface area contributed by atoms with Gasteiger partial charge in [-0.1, -0.05) is 24.1 Å². The van der Waals surface area contributed by atoms with Crippen molar-refractivity contribution in [3.63, 3.8) is 0 Å². The molecular weight excluding hydrogens is 108 g/mol. The van der Waals surface area contributed by atoms with E-state index < -0.39 is 0 Å². The topological polar surface area (TPSA) is 0 Å². The quantitative estimate of drug-likeness (QED) is 0.456. The Balaban J connectivity index is 3.11.